The summed E-state index contributed by atoms with van der Waals surface area (Å²) in [6.07, 6.45) is 3.89. The van der Waals surface area contributed by atoms with Gasteiger partial charge in [0.2, 0.25) is 5.91 Å². The lowest BCUT2D eigenvalue weighted by atomic mass is 10.1. The molecular formula is C12H13N3O. The summed E-state index contributed by atoms with van der Waals surface area (Å²) in [5.41, 5.74) is 2.83. The molecule has 2 N–H and O–H groups in total. The fourth-order valence-electron chi connectivity index (χ4n) is 1.40. The first-order valence-corrected chi connectivity index (χ1v) is 5.18. The number of anilines is 1. The van der Waals surface area contributed by atoms with Gasteiger partial charge in [0.15, 0.2) is 0 Å². The quantitative estimate of drug-likeness (QED) is 0.826. The molecule has 0 radical (unpaired) electrons. The van der Waals surface area contributed by atoms with E-state index in [0.29, 0.717) is 6.42 Å². The summed E-state index contributed by atoms with van der Waals surface area (Å²) < 4.78 is 0. The number of aromatic nitrogens is 2. The van der Waals surface area contributed by atoms with Gasteiger partial charge in [0, 0.05) is 12.1 Å². The zero-order valence-corrected chi connectivity index (χ0v) is 9.03. The molecule has 4 nitrogen and oxygen atoms in total. The maximum Gasteiger partial charge on any atom is 0.224 e. The molecule has 1 amide bonds. The van der Waals surface area contributed by atoms with Gasteiger partial charge in [-0.3, -0.25) is 4.79 Å². The fraction of sp³-hybridized carbons (Fsp3) is 0.167. The van der Waals surface area contributed by atoms with Crippen LogP contribution in [0.2, 0.25) is 0 Å². The Labute approximate surface area is 93.7 Å². The first kappa shape index (κ1) is 10.4. The van der Waals surface area contributed by atoms with E-state index in [2.05, 4.69) is 15.3 Å². The number of H-pyrrole nitrogens is 1. The molecule has 1 heterocycles. The predicted octanol–water partition coefficient (Wildman–Crippen LogP) is 2.43. The topological polar surface area (TPSA) is 57.8 Å². The Bertz CT molecular complexity index is 460. The lowest BCUT2D eigenvalue weighted by Crippen LogP contribution is -2.08. The number of amides is 1. The average Bonchev–Trinajstić information content (AvgIpc) is 2.83. The zero-order valence-electron chi connectivity index (χ0n) is 9.03. The van der Waals surface area contributed by atoms with Crippen LogP contribution >= 0.6 is 0 Å². The number of benzene rings is 1. The molecule has 16 heavy (non-hydrogen) atoms. The maximum absolute atomic E-state index is 11.2. The van der Waals surface area contributed by atoms with E-state index >= 15 is 0 Å². The first-order valence-electron chi connectivity index (χ1n) is 5.18. The van der Waals surface area contributed by atoms with Crippen LogP contribution in [0.5, 0.6) is 0 Å². The van der Waals surface area contributed by atoms with Crippen molar-refractivity contribution < 1.29 is 4.79 Å². The van der Waals surface area contributed by atoms with E-state index in [1.165, 1.54) is 0 Å². The Balaban J connectivity index is 2.14. The minimum atomic E-state index is 0.0225. The number of aromatic amines is 1. The van der Waals surface area contributed by atoms with Crippen LogP contribution in [0, 0.1) is 0 Å². The van der Waals surface area contributed by atoms with Crippen molar-refractivity contribution in [2.24, 2.45) is 0 Å². The Morgan fingerprint density at radius 3 is 2.69 bits per heavy atom. The molecule has 0 aliphatic heterocycles. The van der Waals surface area contributed by atoms with Crippen LogP contribution in [-0.2, 0) is 4.79 Å². The van der Waals surface area contributed by atoms with Crippen molar-refractivity contribution in [3.63, 3.8) is 0 Å². The van der Waals surface area contributed by atoms with Gasteiger partial charge >= 0.3 is 0 Å². The number of nitrogens with zero attached hydrogens (tertiary/aromatic N) is 1. The van der Waals surface area contributed by atoms with Crippen molar-refractivity contribution >= 4 is 11.6 Å². The van der Waals surface area contributed by atoms with E-state index in [9.17, 15) is 4.79 Å². The lowest BCUT2D eigenvalue weighted by Gasteiger charge is -2.04. The normalized spacial score (nSPS) is 10.1. The minimum absolute atomic E-state index is 0.0225. The van der Waals surface area contributed by atoms with E-state index in [-0.39, 0.29) is 5.91 Å². The van der Waals surface area contributed by atoms with Crippen molar-refractivity contribution in [1.29, 1.82) is 0 Å². The molecule has 0 aliphatic rings. The zero-order chi connectivity index (χ0) is 11.4. The first-order chi connectivity index (χ1) is 7.79. The van der Waals surface area contributed by atoms with Gasteiger partial charge in [0.05, 0.1) is 18.2 Å². The highest BCUT2D eigenvalue weighted by Crippen LogP contribution is 2.18. The molecule has 0 atom stereocenters. The van der Waals surface area contributed by atoms with Gasteiger partial charge in [-0.25, -0.2) is 4.98 Å². The van der Waals surface area contributed by atoms with Gasteiger partial charge in [-0.15, -0.1) is 0 Å². The lowest BCUT2D eigenvalue weighted by molar-refractivity contribution is -0.115. The molecule has 0 saturated heterocycles. The molecule has 0 fully saturated rings. The number of nitrogens with one attached hydrogen (secondary N) is 2. The van der Waals surface area contributed by atoms with Gasteiger partial charge in [-0.1, -0.05) is 19.1 Å². The third kappa shape index (κ3) is 2.28. The van der Waals surface area contributed by atoms with Crippen LogP contribution in [0.1, 0.15) is 13.3 Å². The summed E-state index contributed by atoms with van der Waals surface area (Å²) in [5.74, 6) is 0.0225. The number of hydrogen-bond acceptors (Lipinski definition) is 2. The van der Waals surface area contributed by atoms with E-state index < -0.39 is 0 Å². The fourth-order valence-corrected chi connectivity index (χ4v) is 1.40. The van der Waals surface area contributed by atoms with Crippen molar-refractivity contribution in [3.05, 3.63) is 36.8 Å². The molecule has 82 valence electrons. The second-order valence-corrected chi connectivity index (χ2v) is 3.44. The molecule has 0 unspecified atom stereocenters. The van der Waals surface area contributed by atoms with Crippen LogP contribution in [0.4, 0.5) is 5.69 Å². The predicted molar refractivity (Wildman–Crippen MR) is 62.9 cm³/mol. The molecule has 1 aromatic carbocycles. The highest BCUT2D eigenvalue weighted by Gasteiger charge is 2.00. The van der Waals surface area contributed by atoms with Crippen LogP contribution < -0.4 is 5.32 Å². The van der Waals surface area contributed by atoms with E-state index in [1.54, 1.807) is 12.5 Å². The summed E-state index contributed by atoms with van der Waals surface area (Å²) in [6, 6.07) is 7.64. The van der Waals surface area contributed by atoms with Crippen molar-refractivity contribution in [1.82, 2.24) is 9.97 Å². The molecule has 2 rings (SSSR count). The largest absolute Gasteiger partial charge is 0.345 e. The molecule has 0 aliphatic carbocycles. The van der Waals surface area contributed by atoms with Gasteiger partial charge < -0.3 is 10.3 Å². The molecular weight excluding hydrogens is 202 g/mol. The van der Waals surface area contributed by atoms with E-state index in [4.69, 9.17) is 0 Å². The average molecular weight is 215 g/mol. The molecule has 0 bridgehead atoms. The van der Waals surface area contributed by atoms with Crippen molar-refractivity contribution in [2.45, 2.75) is 13.3 Å². The number of rotatable bonds is 3. The van der Waals surface area contributed by atoms with Gasteiger partial charge in [-0.05, 0) is 17.7 Å². The monoisotopic (exact) mass is 215 g/mol. The maximum atomic E-state index is 11.2. The summed E-state index contributed by atoms with van der Waals surface area (Å²) in [4.78, 5) is 18.2. The van der Waals surface area contributed by atoms with E-state index in [0.717, 1.165) is 16.9 Å². The summed E-state index contributed by atoms with van der Waals surface area (Å²) in [6.45, 7) is 1.83. The van der Waals surface area contributed by atoms with Crippen molar-refractivity contribution in [2.75, 3.05) is 5.32 Å². The standard InChI is InChI=1S/C12H13N3O/c1-2-12(16)15-10-5-3-9(4-6-10)11-7-13-8-14-11/h3-8H,2H2,1H3,(H,13,14)(H,15,16). The van der Waals surface area contributed by atoms with Crippen LogP contribution in [-0.4, -0.2) is 15.9 Å². The molecule has 4 heteroatoms. The van der Waals surface area contributed by atoms with Gasteiger partial charge in [-0.2, -0.15) is 0 Å². The third-order valence-corrected chi connectivity index (χ3v) is 2.30. The number of carbonyl (C=O) groups is 1. The number of hydrogen-bond donors (Lipinski definition) is 2. The summed E-state index contributed by atoms with van der Waals surface area (Å²) >= 11 is 0. The Kier molecular flexibility index (Phi) is 3.00. The van der Waals surface area contributed by atoms with Gasteiger partial charge in [0.1, 0.15) is 0 Å². The van der Waals surface area contributed by atoms with E-state index in [1.807, 2.05) is 31.2 Å². The molecule has 0 spiro atoms. The number of carbonyl (C=O) groups excluding carboxylic acids is 1. The molecule has 2 aromatic rings. The molecule has 0 saturated carbocycles. The van der Waals surface area contributed by atoms with Crippen LogP contribution in [0.3, 0.4) is 0 Å². The SMILES string of the molecule is CCC(=O)Nc1ccc(-c2cnc[nH]2)cc1. The smallest absolute Gasteiger partial charge is 0.224 e. The third-order valence-electron chi connectivity index (χ3n) is 2.30. The summed E-state index contributed by atoms with van der Waals surface area (Å²) in [5, 5.41) is 2.80. The second kappa shape index (κ2) is 4.61. The van der Waals surface area contributed by atoms with Crippen LogP contribution in [0.15, 0.2) is 36.8 Å². The highest BCUT2D eigenvalue weighted by molar-refractivity contribution is 5.90. The summed E-state index contributed by atoms with van der Waals surface area (Å²) in [7, 11) is 0. The Morgan fingerprint density at radius 1 is 1.38 bits per heavy atom. The van der Waals surface area contributed by atoms with Crippen LogP contribution in [0.25, 0.3) is 11.3 Å². The second-order valence-electron chi connectivity index (χ2n) is 3.44. The van der Waals surface area contributed by atoms with Crippen molar-refractivity contribution in [3.8, 4) is 11.3 Å². The van der Waals surface area contributed by atoms with Gasteiger partial charge in [0.25, 0.3) is 0 Å². The highest BCUT2D eigenvalue weighted by atomic mass is 16.1. The Hall–Kier alpha value is -2.10. The Morgan fingerprint density at radius 2 is 2.12 bits per heavy atom. The number of imidazole rings is 1. The minimum Gasteiger partial charge on any atom is -0.345 e. The molecule has 1 aromatic heterocycles.